The summed E-state index contributed by atoms with van der Waals surface area (Å²) in [4.78, 5) is 0. The Hall–Kier alpha value is -13.6. The van der Waals surface area contributed by atoms with Crippen molar-refractivity contribution >= 4 is 128 Å². The molecule has 20 aromatic carbocycles. The Balaban J connectivity index is 0.000000140. The summed E-state index contributed by atoms with van der Waals surface area (Å²) in [6.07, 6.45) is 0. The molecule has 2 heterocycles. The molecule has 0 N–H and O–H groups in total. The van der Waals surface area contributed by atoms with E-state index in [1.54, 1.807) is 0 Å². The van der Waals surface area contributed by atoms with Crippen molar-refractivity contribution in [3.8, 4) is 111 Å². The van der Waals surface area contributed by atoms with Crippen molar-refractivity contribution in [3.63, 3.8) is 0 Å². The van der Waals surface area contributed by atoms with Crippen LogP contribution >= 0.6 is 22.7 Å². The first-order chi connectivity index (χ1) is 54.5. The second-order valence-corrected chi connectivity index (χ2v) is 31.1. The third kappa shape index (κ3) is 11.8. The molecule has 22 rings (SSSR count). The minimum atomic E-state index is 1.21. The smallest absolute Gasteiger partial charge is 0.0434 e. The lowest BCUT2D eigenvalue weighted by Gasteiger charge is -2.13. The van der Waals surface area contributed by atoms with E-state index < -0.39 is 0 Å². The topological polar surface area (TPSA) is 0 Å². The van der Waals surface area contributed by atoms with Gasteiger partial charge >= 0.3 is 0 Å². The van der Waals surface area contributed by atoms with E-state index in [-0.39, 0.29) is 0 Å². The Morgan fingerprint density at radius 2 is 0.382 bits per heavy atom. The van der Waals surface area contributed by atoms with E-state index >= 15 is 0 Å². The van der Waals surface area contributed by atoms with Gasteiger partial charge < -0.3 is 0 Å². The molecule has 0 aliphatic rings. The molecule has 22 aromatic rings. The Bertz CT molecular complexity index is 7330. The van der Waals surface area contributed by atoms with Crippen molar-refractivity contribution in [3.05, 3.63) is 413 Å². The Labute approximate surface area is 646 Å². The summed E-state index contributed by atoms with van der Waals surface area (Å²) >= 11 is 3.79. The zero-order valence-corrected chi connectivity index (χ0v) is 61.7. The van der Waals surface area contributed by atoms with Gasteiger partial charge in [0.2, 0.25) is 0 Å². The molecular weight excluding hydrogens is 1360 g/mol. The molecule has 0 amide bonds. The monoisotopic (exact) mass is 1430 g/mol. The maximum Gasteiger partial charge on any atom is 0.0434 e. The first kappa shape index (κ1) is 64.8. The number of fused-ring (bicyclic) bond motifs is 14. The molecule has 0 saturated heterocycles. The van der Waals surface area contributed by atoms with Gasteiger partial charge in [0.05, 0.1) is 0 Å². The molecule has 0 fully saturated rings. The molecule has 0 bridgehead atoms. The van der Waals surface area contributed by atoms with E-state index in [1.807, 2.05) is 22.7 Å². The third-order valence-electron chi connectivity index (χ3n) is 22.5. The zero-order chi connectivity index (χ0) is 72.6. The van der Waals surface area contributed by atoms with Crippen molar-refractivity contribution in [1.29, 1.82) is 0 Å². The molecule has 0 aliphatic heterocycles. The minimum Gasteiger partial charge on any atom is -0.135 e. The highest BCUT2D eigenvalue weighted by atomic mass is 32.1. The second kappa shape index (κ2) is 27.3. The molecule has 0 atom stereocenters. The van der Waals surface area contributed by atoms with Crippen LogP contribution in [-0.2, 0) is 0 Å². The molecule has 0 aliphatic carbocycles. The summed E-state index contributed by atoms with van der Waals surface area (Å²) in [5.41, 5.74) is 24.7. The number of thiophene rings is 2. The van der Waals surface area contributed by atoms with Gasteiger partial charge in [-0.15, -0.1) is 22.7 Å². The summed E-state index contributed by atoms with van der Waals surface area (Å²) in [6.45, 7) is 0. The van der Waals surface area contributed by atoms with Crippen molar-refractivity contribution < 1.29 is 0 Å². The predicted molar refractivity (Wildman–Crippen MR) is 478 cm³/mol. The molecule has 0 unspecified atom stereocenters. The first-order valence-corrected chi connectivity index (χ1v) is 39.4. The maximum absolute atomic E-state index is 2.42. The van der Waals surface area contributed by atoms with Gasteiger partial charge in [-0.1, -0.05) is 340 Å². The minimum absolute atomic E-state index is 1.21. The summed E-state index contributed by atoms with van der Waals surface area (Å²) in [6, 6.07) is 152. The maximum atomic E-state index is 2.42. The quantitative estimate of drug-likeness (QED) is 0.120. The van der Waals surface area contributed by atoms with Crippen molar-refractivity contribution in [2.24, 2.45) is 0 Å². The zero-order valence-electron chi connectivity index (χ0n) is 60.1. The highest BCUT2D eigenvalue weighted by Crippen LogP contribution is 2.48. The number of hydrogen-bond acceptors (Lipinski definition) is 2. The van der Waals surface area contributed by atoms with Crippen LogP contribution in [0.1, 0.15) is 0 Å². The lowest BCUT2D eigenvalue weighted by molar-refractivity contribution is 1.60. The van der Waals surface area contributed by atoms with Crippen LogP contribution in [0.25, 0.3) is 216 Å². The summed E-state index contributed by atoms with van der Waals surface area (Å²) in [7, 11) is 0. The Morgan fingerprint density at radius 3 is 0.809 bits per heavy atom. The van der Waals surface area contributed by atoms with Crippen LogP contribution < -0.4 is 0 Å². The largest absolute Gasteiger partial charge is 0.135 e. The number of rotatable bonds is 10. The third-order valence-corrected chi connectivity index (χ3v) is 24.9. The van der Waals surface area contributed by atoms with Crippen LogP contribution in [0.5, 0.6) is 0 Å². The average molecular weight is 1430 g/mol. The molecule has 0 saturated carbocycles. The fourth-order valence-electron chi connectivity index (χ4n) is 16.8. The van der Waals surface area contributed by atoms with Gasteiger partial charge in [-0.3, -0.25) is 0 Å². The Morgan fingerprint density at radius 1 is 0.118 bits per heavy atom. The lowest BCUT2D eigenvalue weighted by atomic mass is 9.91. The SMILES string of the molecule is c1ccc(-c2ccc(-c3ccc4sc5c(-c6ccc(-c7cc8ccccc8c8ccccc78)cc6)cc(-c6ccc(-c7ccccc7)cc6)cc5c4c3)cc2)cc1.c1ccc2cc(-c3ccc4sc5c(-c6ccc(-c7cc8ccccc8c8ccccc78)cc6)cc(-c6ccc7ccccc7c6)cc5c4c3)ccc2c1. The van der Waals surface area contributed by atoms with Crippen LogP contribution in [0.15, 0.2) is 413 Å². The van der Waals surface area contributed by atoms with Gasteiger partial charge in [-0.2, -0.15) is 0 Å². The van der Waals surface area contributed by atoms with Crippen molar-refractivity contribution in [2.45, 2.75) is 0 Å². The fourth-order valence-corrected chi connectivity index (χ4v) is 19.2. The molecule has 0 nitrogen and oxygen atoms in total. The van der Waals surface area contributed by atoms with E-state index in [1.165, 1.54) is 216 Å². The van der Waals surface area contributed by atoms with Crippen LogP contribution in [-0.4, -0.2) is 0 Å². The predicted octanol–water partition coefficient (Wildman–Crippen LogP) is 31.7. The lowest BCUT2D eigenvalue weighted by Crippen LogP contribution is -1.87. The van der Waals surface area contributed by atoms with Gasteiger partial charge in [-0.25, -0.2) is 0 Å². The molecule has 2 aromatic heterocycles. The van der Waals surface area contributed by atoms with Crippen LogP contribution in [0.4, 0.5) is 0 Å². The number of benzene rings is 20. The molecule has 0 radical (unpaired) electrons. The van der Waals surface area contributed by atoms with Gasteiger partial charge in [0.15, 0.2) is 0 Å². The molecule has 2 heteroatoms. The van der Waals surface area contributed by atoms with Gasteiger partial charge in [0.25, 0.3) is 0 Å². The first-order valence-electron chi connectivity index (χ1n) is 37.8. The van der Waals surface area contributed by atoms with E-state index in [0.29, 0.717) is 0 Å². The average Bonchev–Trinajstić information content (AvgIpc) is 1.60. The van der Waals surface area contributed by atoms with E-state index in [9.17, 15) is 0 Å². The fraction of sp³-hybridized carbons (Fsp3) is 0. The van der Waals surface area contributed by atoms with Gasteiger partial charge in [-0.05, 0) is 238 Å². The summed E-state index contributed by atoms with van der Waals surface area (Å²) in [5, 5.41) is 20.5. The standard InChI is InChI=1S/C56H36S.C52H32S/c1-3-11-37(12-4-1)39-19-23-41(24-20-39)45-31-32-55-53(33-45)54-36-47(42-25-21-40(22-26-42)38-13-5-2-6-14-38)35-52(56(54)57-55)44-29-27-43(28-30-44)51-34-46-15-7-8-16-48(46)49-17-9-10-18-50(49)51;1-3-11-37-27-39(23-17-33(37)9-1)41-25-26-51-49(29-41)50-32-43(40-24-18-34-10-2-4-12-38(34)28-40)31-48(52(50)53-51)36-21-19-35(20-22-36)47-30-42-13-5-6-14-44(42)45-15-7-8-16-46(45)47/h1-36H;1-32H. The van der Waals surface area contributed by atoms with Crippen molar-refractivity contribution in [1.82, 2.24) is 0 Å². The summed E-state index contributed by atoms with van der Waals surface area (Å²) < 4.78 is 5.24. The highest BCUT2D eigenvalue weighted by Gasteiger charge is 2.20. The number of hydrogen-bond donors (Lipinski definition) is 0. The van der Waals surface area contributed by atoms with Crippen molar-refractivity contribution in [2.75, 3.05) is 0 Å². The van der Waals surface area contributed by atoms with Gasteiger partial charge in [0, 0.05) is 51.5 Å². The molecule has 512 valence electrons. The van der Waals surface area contributed by atoms with Crippen LogP contribution in [0.2, 0.25) is 0 Å². The second-order valence-electron chi connectivity index (χ2n) is 29.0. The normalized spacial score (nSPS) is 11.6. The highest BCUT2D eigenvalue weighted by molar-refractivity contribution is 7.26. The van der Waals surface area contributed by atoms with E-state index in [2.05, 4.69) is 413 Å². The van der Waals surface area contributed by atoms with E-state index in [4.69, 9.17) is 0 Å². The molecule has 110 heavy (non-hydrogen) atoms. The van der Waals surface area contributed by atoms with Gasteiger partial charge in [0.1, 0.15) is 0 Å². The summed E-state index contributed by atoms with van der Waals surface area (Å²) in [5.74, 6) is 0. The van der Waals surface area contributed by atoms with E-state index in [0.717, 1.165) is 0 Å². The Kier molecular flexibility index (Phi) is 16.1. The molecule has 0 spiro atoms. The van der Waals surface area contributed by atoms with Crippen LogP contribution in [0.3, 0.4) is 0 Å². The van der Waals surface area contributed by atoms with Crippen LogP contribution in [0, 0.1) is 0 Å². The molecular formula is C108H68S2.